The van der Waals surface area contributed by atoms with Gasteiger partial charge in [0.2, 0.25) is 5.91 Å². The first-order valence-electron chi connectivity index (χ1n) is 8.45. The number of aromatic nitrogens is 3. The first kappa shape index (κ1) is 20.7. The molecule has 2 heterocycles. The van der Waals surface area contributed by atoms with Gasteiger partial charge in [-0.25, -0.2) is 4.98 Å². The molecule has 0 saturated carbocycles. The number of ether oxygens (including phenoxy) is 1. The van der Waals surface area contributed by atoms with E-state index in [1.54, 1.807) is 11.8 Å². The fraction of sp³-hybridized carbons (Fsp3) is 0.471. The van der Waals surface area contributed by atoms with E-state index in [9.17, 15) is 4.79 Å². The molecule has 26 heavy (non-hydrogen) atoms. The maximum atomic E-state index is 12.0. The molecule has 9 heteroatoms. The van der Waals surface area contributed by atoms with Crippen LogP contribution in [0.15, 0.2) is 24.3 Å². The van der Waals surface area contributed by atoms with E-state index in [1.807, 2.05) is 24.3 Å². The molecule has 0 radical (unpaired) electrons. The predicted octanol–water partition coefficient (Wildman–Crippen LogP) is 2.59. The third-order valence-electron chi connectivity index (χ3n) is 3.96. The summed E-state index contributed by atoms with van der Waals surface area (Å²) in [7, 11) is 0. The summed E-state index contributed by atoms with van der Waals surface area (Å²) in [6.45, 7) is 1.17. The number of aromatic amines is 1. The predicted molar refractivity (Wildman–Crippen MR) is 107 cm³/mol. The zero-order valence-corrected chi connectivity index (χ0v) is 16.1. The average molecular weight is 398 g/mol. The molecule has 1 amide bonds. The van der Waals surface area contributed by atoms with Crippen LogP contribution in [-0.4, -0.2) is 45.3 Å². The number of thioether (sulfide) groups is 1. The molecular formula is C17H24ClN5O2S. The summed E-state index contributed by atoms with van der Waals surface area (Å²) >= 11 is 1.62. The Labute approximate surface area is 163 Å². The van der Waals surface area contributed by atoms with Crippen molar-refractivity contribution in [2.24, 2.45) is 5.73 Å². The molecule has 1 aromatic heterocycles. The molecule has 1 aliphatic rings. The van der Waals surface area contributed by atoms with Crippen LogP contribution in [0.3, 0.4) is 0 Å². The molecular weight excluding hydrogens is 374 g/mol. The zero-order chi connectivity index (χ0) is 17.5. The van der Waals surface area contributed by atoms with Crippen LogP contribution in [0.2, 0.25) is 0 Å². The molecule has 2 aromatic rings. The summed E-state index contributed by atoms with van der Waals surface area (Å²) in [5.41, 5.74) is 7.15. The second-order valence-electron chi connectivity index (χ2n) is 5.94. The quantitative estimate of drug-likeness (QED) is 0.663. The van der Waals surface area contributed by atoms with Gasteiger partial charge in [0, 0.05) is 23.6 Å². The number of benzene rings is 1. The number of hydrogen-bond donors (Lipinski definition) is 3. The van der Waals surface area contributed by atoms with Crippen molar-refractivity contribution < 1.29 is 9.53 Å². The Morgan fingerprint density at radius 1 is 1.35 bits per heavy atom. The van der Waals surface area contributed by atoms with Crippen molar-refractivity contribution in [2.45, 2.75) is 31.9 Å². The average Bonchev–Trinajstić information content (AvgIpc) is 3.12. The summed E-state index contributed by atoms with van der Waals surface area (Å²) in [6.07, 6.45) is 3.77. The van der Waals surface area contributed by atoms with Gasteiger partial charge >= 0.3 is 0 Å². The molecule has 0 spiro atoms. The lowest BCUT2D eigenvalue weighted by Crippen LogP contribution is -2.22. The van der Waals surface area contributed by atoms with E-state index in [1.165, 1.54) is 6.42 Å². The number of nitrogens with two attached hydrogens (primary N) is 1. The fourth-order valence-corrected chi connectivity index (χ4v) is 3.54. The van der Waals surface area contributed by atoms with Gasteiger partial charge in [-0.3, -0.25) is 9.89 Å². The summed E-state index contributed by atoms with van der Waals surface area (Å²) in [5, 5.41) is 9.80. The van der Waals surface area contributed by atoms with Crippen LogP contribution >= 0.6 is 24.2 Å². The molecule has 1 unspecified atom stereocenters. The van der Waals surface area contributed by atoms with Gasteiger partial charge in [0.05, 0.1) is 18.4 Å². The molecule has 3 rings (SSSR count). The first-order valence-corrected chi connectivity index (χ1v) is 9.61. The molecule has 7 nitrogen and oxygen atoms in total. The molecule has 1 atom stereocenters. The first-order chi connectivity index (χ1) is 12.2. The number of amides is 1. The van der Waals surface area contributed by atoms with Gasteiger partial charge in [-0.05, 0) is 43.5 Å². The van der Waals surface area contributed by atoms with Gasteiger partial charge < -0.3 is 15.8 Å². The van der Waals surface area contributed by atoms with Crippen LogP contribution in [-0.2, 0) is 16.1 Å². The van der Waals surface area contributed by atoms with Gasteiger partial charge in [-0.2, -0.15) is 5.10 Å². The number of nitrogens with one attached hydrogen (secondary N) is 2. The van der Waals surface area contributed by atoms with E-state index in [2.05, 4.69) is 20.5 Å². The van der Waals surface area contributed by atoms with Crippen LogP contribution in [0.1, 0.15) is 25.1 Å². The lowest BCUT2D eigenvalue weighted by molar-refractivity contribution is -0.113. The van der Waals surface area contributed by atoms with Crippen molar-refractivity contribution in [3.63, 3.8) is 0 Å². The number of halogens is 1. The Kier molecular flexibility index (Phi) is 8.37. The Bertz CT molecular complexity index is 689. The second kappa shape index (κ2) is 10.5. The number of rotatable bonds is 7. The third kappa shape index (κ3) is 5.98. The minimum atomic E-state index is -0.00290. The SMILES string of the molecule is Cl.NCc1nc(-c2ccc(NC(=O)CSCC3CCCCO3)cc2)n[nH]1. The molecule has 142 valence electrons. The van der Waals surface area contributed by atoms with Crippen LogP contribution in [0.25, 0.3) is 11.4 Å². The Hall–Kier alpha value is -1.61. The maximum absolute atomic E-state index is 12.0. The second-order valence-corrected chi connectivity index (χ2v) is 6.97. The van der Waals surface area contributed by atoms with Crippen molar-refractivity contribution >= 4 is 35.8 Å². The third-order valence-corrected chi connectivity index (χ3v) is 5.04. The summed E-state index contributed by atoms with van der Waals surface area (Å²) < 4.78 is 5.67. The van der Waals surface area contributed by atoms with Crippen molar-refractivity contribution in [1.29, 1.82) is 0 Å². The number of nitrogens with zero attached hydrogens (tertiary/aromatic N) is 2. The van der Waals surface area contributed by atoms with Crippen molar-refractivity contribution in [1.82, 2.24) is 15.2 Å². The number of carbonyl (C=O) groups excluding carboxylic acids is 1. The highest BCUT2D eigenvalue weighted by molar-refractivity contribution is 8.00. The van der Waals surface area contributed by atoms with E-state index in [0.717, 1.165) is 36.5 Å². The van der Waals surface area contributed by atoms with Gasteiger partial charge in [-0.1, -0.05) is 0 Å². The van der Waals surface area contributed by atoms with E-state index in [-0.39, 0.29) is 18.3 Å². The molecule has 1 saturated heterocycles. The monoisotopic (exact) mass is 397 g/mol. The molecule has 1 aromatic carbocycles. The highest BCUT2D eigenvalue weighted by Crippen LogP contribution is 2.19. The van der Waals surface area contributed by atoms with Gasteiger partial charge in [0.15, 0.2) is 5.82 Å². The molecule has 1 fully saturated rings. The normalized spacial score (nSPS) is 16.7. The molecule has 0 bridgehead atoms. The number of anilines is 1. The van der Waals surface area contributed by atoms with Gasteiger partial charge in [0.25, 0.3) is 0 Å². The zero-order valence-electron chi connectivity index (χ0n) is 14.4. The van der Waals surface area contributed by atoms with Crippen LogP contribution in [0.5, 0.6) is 0 Å². The van der Waals surface area contributed by atoms with Crippen LogP contribution in [0.4, 0.5) is 5.69 Å². The van der Waals surface area contributed by atoms with Crippen molar-refractivity contribution in [3.05, 3.63) is 30.1 Å². The lowest BCUT2D eigenvalue weighted by atomic mass is 10.1. The minimum absolute atomic E-state index is 0. The topological polar surface area (TPSA) is 106 Å². The Balaban J connectivity index is 0.00000243. The molecule has 1 aliphatic heterocycles. The maximum Gasteiger partial charge on any atom is 0.234 e. The lowest BCUT2D eigenvalue weighted by Gasteiger charge is -2.21. The Morgan fingerprint density at radius 3 is 2.81 bits per heavy atom. The van der Waals surface area contributed by atoms with Gasteiger partial charge in [0.1, 0.15) is 5.82 Å². The van der Waals surface area contributed by atoms with Gasteiger partial charge in [-0.15, -0.1) is 24.2 Å². The number of hydrogen-bond acceptors (Lipinski definition) is 6. The minimum Gasteiger partial charge on any atom is -0.377 e. The van der Waals surface area contributed by atoms with Crippen LogP contribution in [0, 0.1) is 0 Å². The summed E-state index contributed by atoms with van der Waals surface area (Å²) in [4.78, 5) is 16.3. The fourth-order valence-electron chi connectivity index (χ4n) is 2.64. The summed E-state index contributed by atoms with van der Waals surface area (Å²) in [5.74, 6) is 2.55. The van der Waals surface area contributed by atoms with Crippen LogP contribution < -0.4 is 11.1 Å². The van der Waals surface area contributed by atoms with E-state index in [0.29, 0.717) is 30.1 Å². The van der Waals surface area contributed by atoms with E-state index >= 15 is 0 Å². The molecule has 0 aliphatic carbocycles. The number of carbonyl (C=O) groups is 1. The standard InChI is InChI=1S/C17H23N5O2S.ClH/c18-9-15-20-17(22-21-15)12-4-6-13(7-5-12)19-16(23)11-25-10-14-3-1-2-8-24-14;/h4-7,14H,1-3,8-11,18H2,(H,19,23)(H,20,21,22);1H. The Morgan fingerprint density at radius 2 is 2.15 bits per heavy atom. The molecule has 4 N–H and O–H groups in total. The van der Waals surface area contributed by atoms with E-state index in [4.69, 9.17) is 10.5 Å². The summed E-state index contributed by atoms with van der Waals surface area (Å²) in [6, 6.07) is 7.45. The van der Waals surface area contributed by atoms with E-state index < -0.39 is 0 Å². The smallest absolute Gasteiger partial charge is 0.234 e. The highest BCUT2D eigenvalue weighted by Gasteiger charge is 2.14. The van der Waals surface area contributed by atoms with Crippen molar-refractivity contribution in [2.75, 3.05) is 23.4 Å². The largest absolute Gasteiger partial charge is 0.377 e. The van der Waals surface area contributed by atoms with Crippen molar-refractivity contribution in [3.8, 4) is 11.4 Å². The highest BCUT2D eigenvalue weighted by atomic mass is 35.5. The number of H-pyrrole nitrogens is 1.